The zero-order chi connectivity index (χ0) is 16.7. The number of aliphatic hydroxyl groups is 2. The van der Waals surface area contributed by atoms with Crippen molar-refractivity contribution >= 4 is 6.09 Å². The van der Waals surface area contributed by atoms with Crippen LogP contribution in [0.3, 0.4) is 0 Å². The van der Waals surface area contributed by atoms with Crippen molar-refractivity contribution in [1.82, 2.24) is 5.32 Å². The van der Waals surface area contributed by atoms with Crippen LogP contribution in [0.15, 0.2) is 54.6 Å². The van der Waals surface area contributed by atoms with Gasteiger partial charge in [-0.3, -0.25) is 0 Å². The summed E-state index contributed by atoms with van der Waals surface area (Å²) < 4.78 is 5.04. The highest BCUT2D eigenvalue weighted by Gasteiger charge is 2.19. The molecule has 0 heterocycles. The van der Waals surface area contributed by atoms with Crippen molar-refractivity contribution in [2.45, 2.75) is 25.7 Å². The Balaban J connectivity index is 1.77. The number of carbonyl (C=O) groups excluding carboxylic acids is 1. The summed E-state index contributed by atoms with van der Waals surface area (Å²) in [5.41, 5.74) is 2.48. The Morgan fingerprint density at radius 1 is 1.13 bits per heavy atom. The normalized spacial score (nSPS) is 13.2. The topological polar surface area (TPSA) is 78.8 Å². The number of benzene rings is 2. The van der Waals surface area contributed by atoms with Crippen LogP contribution in [0.4, 0.5) is 4.79 Å². The predicted molar refractivity (Wildman–Crippen MR) is 86.8 cm³/mol. The number of amides is 1. The number of alkyl carbamates (subject to hydrolysis) is 1. The zero-order valence-electron chi connectivity index (χ0n) is 13.0. The molecule has 0 aliphatic rings. The molecule has 0 spiro atoms. The maximum atomic E-state index is 11.6. The van der Waals surface area contributed by atoms with Crippen molar-refractivity contribution in [3.63, 3.8) is 0 Å². The lowest BCUT2D eigenvalue weighted by Gasteiger charge is -2.19. The number of aryl methyl sites for hydroxylation is 1. The SMILES string of the molecule is Cc1cccc(C(O)C(O)CNC(=O)OCc2ccccc2)c1. The van der Waals surface area contributed by atoms with Crippen LogP contribution in [0, 0.1) is 6.92 Å². The van der Waals surface area contributed by atoms with E-state index in [9.17, 15) is 15.0 Å². The quantitative estimate of drug-likeness (QED) is 0.764. The summed E-state index contributed by atoms with van der Waals surface area (Å²) in [5, 5.41) is 22.5. The van der Waals surface area contributed by atoms with Gasteiger partial charge in [0.15, 0.2) is 0 Å². The van der Waals surface area contributed by atoms with Crippen LogP contribution in [0.5, 0.6) is 0 Å². The van der Waals surface area contributed by atoms with Gasteiger partial charge in [0, 0.05) is 6.54 Å². The molecule has 0 bridgehead atoms. The summed E-state index contributed by atoms with van der Waals surface area (Å²) in [6, 6.07) is 16.5. The molecule has 2 unspecified atom stereocenters. The van der Waals surface area contributed by atoms with E-state index in [0.717, 1.165) is 11.1 Å². The van der Waals surface area contributed by atoms with E-state index in [0.29, 0.717) is 5.56 Å². The zero-order valence-corrected chi connectivity index (χ0v) is 13.0. The molecule has 2 aromatic carbocycles. The van der Waals surface area contributed by atoms with Gasteiger partial charge in [-0.2, -0.15) is 0 Å². The largest absolute Gasteiger partial charge is 0.445 e. The average Bonchev–Trinajstić information content (AvgIpc) is 2.58. The molecule has 5 heteroatoms. The number of hydrogen-bond donors (Lipinski definition) is 3. The van der Waals surface area contributed by atoms with Gasteiger partial charge in [0.1, 0.15) is 18.8 Å². The van der Waals surface area contributed by atoms with Crippen molar-refractivity contribution in [1.29, 1.82) is 0 Å². The molecule has 0 radical (unpaired) electrons. The highest BCUT2D eigenvalue weighted by molar-refractivity contribution is 5.67. The van der Waals surface area contributed by atoms with E-state index >= 15 is 0 Å². The lowest BCUT2D eigenvalue weighted by Crippen LogP contribution is -2.35. The molecule has 0 fully saturated rings. The summed E-state index contributed by atoms with van der Waals surface area (Å²) in [6.45, 7) is 1.97. The molecule has 5 nitrogen and oxygen atoms in total. The van der Waals surface area contributed by atoms with Crippen molar-refractivity contribution in [3.8, 4) is 0 Å². The lowest BCUT2D eigenvalue weighted by atomic mass is 10.0. The maximum Gasteiger partial charge on any atom is 0.407 e. The molecule has 0 saturated carbocycles. The van der Waals surface area contributed by atoms with E-state index in [-0.39, 0.29) is 13.2 Å². The van der Waals surface area contributed by atoms with Crippen LogP contribution in [0.25, 0.3) is 0 Å². The van der Waals surface area contributed by atoms with Gasteiger partial charge in [0.25, 0.3) is 0 Å². The number of nitrogens with one attached hydrogen (secondary N) is 1. The van der Waals surface area contributed by atoms with Gasteiger partial charge < -0.3 is 20.3 Å². The summed E-state index contributed by atoms with van der Waals surface area (Å²) >= 11 is 0. The third-order valence-corrected chi connectivity index (χ3v) is 3.42. The second-order valence-electron chi connectivity index (χ2n) is 5.37. The second-order valence-corrected chi connectivity index (χ2v) is 5.37. The Kier molecular flexibility index (Phi) is 6.14. The van der Waals surface area contributed by atoms with Gasteiger partial charge in [-0.1, -0.05) is 60.2 Å². The van der Waals surface area contributed by atoms with Crippen LogP contribution in [-0.2, 0) is 11.3 Å². The number of hydrogen-bond acceptors (Lipinski definition) is 4. The fourth-order valence-corrected chi connectivity index (χ4v) is 2.15. The standard InChI is InChI=1S/C18H21NO4/c1-13-6-5-9-15(10-13)17(21)16(20)11-19-18(22)23-12-14-7-3-2-4-8-14/h2-10,16-17,20-21H,11-12H2,1H3,(H,19,22). The van der Waals surface area contributed by atoms with E-state index < -0.39 is 18.3 Å². The molecule has 3 N–H and O–H groups in total. The number of carbonyl (C=O) groups is 1. The Morgan fingerprint density at radius 3 is 2.57 bits per heavy atom. The Hall–Kier alpha value is -2.37. The third-order valence-electron chi connectivity index (χ3n) is 3.42. The first kappa shape index (κ1) is 17.0. The molecular formula is C18H21NO4. The summed E-state index contributed by atoms with van der Waals surface area (Å²) in [5.74, 6) is 0. The first-order valence-corrected chi connectivity index (χ1v) is 7.43. The van der Waals surface area contributed by atoms with Crippen LogP contribution in [0.2, 0.25) is 0 Å². The van der Waals surface area contributed by atoms with Gasteiger partial charge >= 0.3 is 6.09 Å². The average molecular weight is 315 g/mol. The van der Waals surface area contributed by atoms with E-state index in [1.165, 1.54) is 0 Å². The van der Waals surface area contributed by atoms with E-state index in [1.807, 2.05) is 49.4 Å². The molecule has 0 aromatic heterocycles. The maximum absolute atomic E-state index is 11.6. The van der Waals surface area contributed by atoms with E-state index in [2.05, 4.69) is 5.32 Å². The van der Waals surface area contributed by atoms with Crippen LogP contribution in [0.1, 0.15) is 22.8 Å². The van der Waals surface area contributed by atoms with Crippen LogP contribution >= 0.6 is 0 Å². The molecule has 0 aliphatic carbocycles. The van der Waals surface area contributed by atoms with E-state index in [4.69, 9.17) is 4.74 Å². The molecule has 0 saturated heterocycles. The molecule has 1 amide bonds. The first-order chi connectivity index (χ1) is 11.1. The summed E-state index contributed by atoms with van der Waals surface area (Å²) in [4.78, 5) is 11.6. The minimum atomic E-state index is -1.11. The fraction of sp³-hybridized carbons (Fsp3) is 0.278. The Labute approximate surface area is 135 Å². The summed E-state index contributed by atoms with van der Waals surface area (Å²) in [7, 11) is 0. The second kappa shape index (κ2) is 8.31. The minimum absolute atomic E-state index is 0.0945. The fourth-order valence-electron chi connectivity index (χ4n) is 2.15. The third kappa shape index (κ3) is 5.39. The number of aliphatic hydroxyl groups excluding tert-OH is 2. The molecule has 23 heavy (non-hydrogen) atoms. The lowest BCUT2D eigenvalue weighted by molar-refractivity contribution is 0.0184. The molecule has 0 aliphatic heterocycles. The first-order valence-electron chi connectivity index (χ1n) is 7.43. The molecule has 122 valence electrons. The molecule has 2 atom stereocenters. The van der Waals surface area contributed by atoms with Crippen molar-refractivity contribution in [2.75, 3.05) is 6.54 Å². The van der Waals surface area contributed by atoms with Gasteiger partial charge in [0.05, 0.1) is 0 Å². The Bertz CT molecular complexity index is 630. The van der Waals surface area contributed by atoms with Crippen LogP contribution < -0.4 is 5.32 Å². The molecule has 2 rings (SSSR count). The Morgan fingerprint density at radius 2 is 1.87 bits per heavy atom. The highest BCUT2D eigenvalue weighted by atomic mass is 16.5. The highest BCUT2D eigenvalue weighted by Crippen LogP contribution is 2.17. The monoisotopic (exact) mass is 315 g/mol. The predicted octanol–water partition coefficient (Wildman–Crippen LogP) is 2.32. The number of ether oxygens (including phenoxy) is 1. The molecule has 2 aromatic rings. The van der Waals surface area contributed by atoms with E-state index in [1.54, 1.807) is 12.1 Å². The van der Waals surface area contributed by atoms with Crippen molar-refractivity contribution < 1.29 is 19.7 Å². The van der Waals surface area contributed by atoms with Crippen molar-refractivity contribution in [3.05, 3.63) is 71.3 Å². The number of rotatable bonds is 6. The van der Waals surface area contributed by atoms with Gasteiger partial charge in [-0.25, -0.2) is 4.79 Å². The van der Waals surface area contributed by atoms with Gasteiger partial charge in [0.2, 0.25) is 0 Å². The van der Waals surface area contributed by atoms with Crippen molar-refractivity contribution in [2.24, 2.45) is 0 Å². The van der Waals surface area contributed by atoms with Crippen LogP contribution in [-0.4, -0.2) is 29.0 Å². The van der Waals surface area contributed by atoms with Gasteiger partial charge in [-0.05, 0) is 18.1 Å². The van der Waals surface area contributed by atoms with Gasteiger partial charge in [-0.15, -0.1) is 0 Å². The smallest absolute Gasteiger partial charge is 0.407 e. The molecular weight excluding hydrogens is 294 g/mol. The summed E-state index contributed by atoms with van der Waals surface area (Å²) in [6.07, 6.45) is -2.81. The minimum Gasteiger partial charge on any atom is -0.445 e.